The fraction of sp³-hybridized carbons (Fsp3) is 0. The van der Waals surface area contributed by atoms with E-state index in [9.17, 15) is 40.6 Å². The Morgan fingerprint density at radius 1 is 0.691 bits per heavy atom. The number of nitrogens with zero attached hydrogens (tertiary/aromatic N) is 5. The molecule has 6 aromatic carbocycles. The molecule has 0 atom stereocenters. The molecule has 1 heterocycles. The van der Waals surface area contributed by atoms with Gasteiger partial charge in [0.05, 0.1) is 61.4 Å². The van der Waals surface area contributed by atoms with Crippen LogP contribution in [0.1, 0.15) is 20.7 Å². The number of fused-ring (bicyclic) bond motifs is 3. The van der Waals surface area contributed by atoms with Crippen LogP contribution in [0.3, 0.4) is 0 Å². The first-order chi connectivity index (χ1) is 26.2. The van der Waals surface area contributed by atoms with Crippen LogP contribution in [-0.4, -0.2) is 48.1 Å². The highest BCUT2D eigenvalue weighted by molar-refractivity contribution is 7.94. The maximum atomic E-state index is 13.2. The summed E-state index contributed by atoms with van der Waals surface area (Å²) < 4.78 is 71.7. The lowest BCUT2D eigenvalue weighted by Crippen LogP contribution is -2.29. The number of hydrogen-bond acceptors (Lipinski definition) is 16. The van der Waals surface area contributed by atoms with Crippen molar-refractivity contribution in [2.45, 2.75) is 14.7 Å². The number of imide groups is 1. The van der Waals surface area contributed by atoms with E-state index in [1.807, 2.05) is 0 Å². The first kappa shape index (κ1) is 37.2. The minimum Gasteiger partial charge on any atom is -0.505 e. The van der Waals surface area contributed by atoms with Gasteiger partial charge >= 0.3 is 0 Å². The van der Waals surface area contributed by atoms with E-state index in [-0.39, 0.29) is 60.3 Å². The molecule has 0 saturated carbocycles. The normalized spacial score (nSPS) is 13.5. The summed E-state index contributed by atoms with van der Waals surface area (Å²) in [4.78, 5) is 26.1. The van der Waals surface area contributed by atoms with Gasteiger partial charge in [-0.1, -0.05) is 29.3 Å². The number of nitrogens with two attached hydrogens (primary N) is 1. The Kier molecular flexibility index (Phi) is 9.62. The Morgan fingerprint density at radius 2 is 1.38 bits per heavy atom. The molecule has 7 rings (SSSR count). The number of nitrogen functional groups attached to an aromatic ring is 1. The van der Waals surface area contributed by atoms with Crippen molar-refractivity contribution in [2.24, 2.45) is 20.5 Å². The zero-order valence-electron chi connectivity index (χ0n) is 27.3. The maximum absolute atomic E-state index is 13.2. The van der Waals surface area contributed by atoms with Crippen molar-refractivity contribution < 1.29 is 55.3 Å². The Labute approximate surface area is 313 Å². The Morgan fingerprint density at radius 3 is 2.07 bits per heavy atom. The molecule has 0 aliphatic carbocycles. The standard InChI is InChI=1S/C34H22N6O12S3/c35-26-16-23-17(13-30(26)55(48,49)50)12-29(53-52-51-44)31(32(23)41)39-38-28-11-10-27(21-9-7-20(15-24(21)28)54(45,46)47)37-36-18-6-8-22-25(14-18)34(43)40(33(22)42)19-4-2-1-3-5-19/h1-16,41,44H,35H2,(H,45,46,47)(H,48,49,50)/b37-36+,39-38+. The van der Waals surface area contributed by atoms with E-state index < -0.39 is 53.3 Å². The maximum Gasteiger partial charge on any atom is 0.296 e. The molecule has 55 heavy (non-hydrogen) atoms. The van der Waals surface area contributed by atoms with Gasteiger partial charge in [-0.2, -0.15) is 21.9 Å². The third-order valence-corrected chi connectivity index (χ3v) is 10.6. The largest absolute Gasteiger partial charge is 0.505 e. The number of hydrogen-bond donors (Lipinski definition) is 5. The first-order valence-electron chi connectivity index (χ1n) is 15.3. The van der Waals surface area contributed by atoms with Crippen LogP contribution in [0.4, 0.5) is 34.1 Å². The summed E-state index contributed by atoms with van der Waals surface area (Å²) in [7, 11) is -9.47. The second-order valence-corrected chi connectivity index (χ2v) is 15.1. The first-order valence-corrected chi connectivity index (χ1v) is 18.9. The highest BCUT2D eigenvalue weighted by Gasteiger charge is 2.36. The Hall–Kier alpha value is -6.17. The molecule has 2 amide bonds. The number of phenolic OH excluding ortho intramolecular Hbond substituents is 1. The van der Waals surface area contributed by atoms with Crippen LogP contribution in [-0.2, 0) is 29.6 Å². The third-order valence-electron chi connectivity index (χ3n) is 8.27. The third kappa shape index (κ3) is 7.11. The van der Waals surface area contributed by atoms with Crippen LogP contribution < -0.4 is 10.6 Å². The Balaban J connectivity index is 1.29. The van der Waals surface area contributed by atoms with Gasteiger partial charge < -0.3 is 10.8 Å². The number of phenols is 1. The molecule has 0 unspecified atom stereocenters. The van der Waals surface area contributed by atoms with Gasteiger partial charge in [0, 0.05) is 16.2 Å². The van der Waals surface area contributed by atoms with Crippen LogP contribution in [0.25, 0.3) is 21.5 Å². The van der Waals surface area contributed by atoms with E-state index in [0.29, 0.717) is 17.7 Å². The second kappa shape index (κ2) is 14.2. The number of para-hydroxylation sites is 1. The number of carbonyl (C=O) groups excluding carboxylic acids is 2. The lowest BCUT2D eigenvalue weighted by atomic mass is 10.1. The minimum atomic E-state index is -4.75. The van der Waals surface area contributed by atoms with Gasteiger partial charge in [0.15, 0.2) is 5.75 Å². The predicted octanol–water partition coefficient (Wildman–Crippen LogP) is 7.83. The molecule has 1 aliphatic rings. The van der Waals surface area contributed by atoms with Crippen molar-refractivity contribution in [2.75, 3.05) is 10.6 Å². The summed E-state index contributed by atoms with van der Waals surface area (Å²) in [5.41, 5.74) is 6.24. The summed E-state index contributed by atoms with van der Waals surface area (Å²) in [6, 6.07) is 22.5. The van der Waals surface area contributed by atoms with Gasteiger partial charge in [0.2, 0.25) is 0 Å². The SMILES string of the molecule is Nc1cc2c(O)c(/N=N/c3ccc(/N=N/c4ccc5c(c4)C(=O)N(c4ccccc4)C5=O)c4ccc(S(=O)(=O)O)cc34)c(SOOO)cc2cc1S(=O)(=O)O. The molecule has 1 aliphatic heterocycles. The molecule has 0 fully saturated rings. The van der Waals surface area contributed by atoms with Crippen molar-refractivity contribution in [1.29, 1.82) is 0 Å². The molecule has 0 radical (unpaired) electrons. The molecule has 278 valence electrons. The molecule has 0 bridgehead atoms. The van der Waals surface area contributed by atoms with Gasteiger partial charge in [-0.15, -0.1) is 19.7 Å². The molecule has 0 saturated heterocycles. The highest BCUT2D eigenvalue weighted by Crippen LogP contribution is 2.46. The highest BCUT2D eigenvalue weighted by atomic mass is 32.2. The van der Waals surface area contributed by atoms with Gasteiger partial charge in [0.1, 0.15) is 10.6 Å². The van der Waals surface area contributed by atoms with Crippen LogP contribution in [0, 0.1) is 0 Å². The van der Waals surface area contributed by atoms with Crippen molar-refractivity contribution in [1.82, 2.24) is 0 Å². The number of carbonyl (C=O) groups is 2. The summed E-state index contributed by atoms with van der Waals surface area (Å²) in [5, 5.41) is 40.9. The number of anilines is 2. The van der Waals surface area contributed by atoms with E-state index >= 15 is 0 Å². The number of azo groups is 2. The van der Waals surface area contributed by atoms with Crippen molar-refractivity contribution in [3.63, 3.8) is 0 Å². The van der Waals surface area contributed by atoms with E-state index in [1.54, 1.807) is 30.3 Å². The van der Waals surface area contributed by atoms with Crippen LogP contribution in [0.2, 0.25) is 0 Å². The molecular formula is C34H22N6O12S3. The van der Waals surface area contributed by atoms with E-state index in [1.165, 1.54) is 42.5 Å². The van der Waals surface area contributed by atoms with Crippen molar-refractivity contribution >= 4 is 99.8 Å². The summed E-state index contributed by atoms with van der Waals surface area (Å²) >= 11 is 0.340. The molecule has 6 aromatic rings. The molecule has 18 nitrogen and oxygen atoms in total. The average Bonchev–Trinajstić information content (AvgIpc) is 3.40. The van der Waals surface area contributed by atoms with E-state index in [4.69, 9.17) is 11.0 Å². The number of rotatable bonds is 10. The summed E-state index contributed by atoms with van der Waals surface area (Å²) in [5.74, 6) is -1.62. The average molecular weight is 803 g/mol. The smallest absolute Gasteiger partial charge is 0.296 e. The predicted molar refractivity (Wildman–Crippen MR) is 197 cm³/mol. The second-order valence-electron chi connectivity index (χ2n) is 11.6. The lowest BCUT2D eigenvalue weighted by Gasteiger charge is -2.13. The fourth-order valence-corrected chi connectivity index (χ4v) is 7.41. The van der Waals surface area contributed by atoms with Crippen molar-refractivity contribution in [3.8, 4) is 5.75 Å². The van der Waals surface area contributed by atoms with E-state index in [0.717, 1.165) is 29.2 Å². The number of aromatic hydroxyl groups is 1. The van der Waals surface area contributed by atoms with Gasteiger partial charge in [-0.05, 0) is 78.2 Å². The van der Waals surface area contributed by atoms with Gasteiger partial charge in [-0.25, -0.2) is 10.2 Å². The van der Waals surface area contributed by atoms with Crippen LogP contribution in [0.5, 0.6) is 5.75 Å². The zero-order chi connectivity index (χ0) is 39.2. The van der Waals surface area contributed by atoms with Gasteiger partial charge in [-0.3, -0.25) is 18.7 Å². The fourth-order valence-electron chi connectivity index (χ4n) is 5.78. The van der Waals surface area contributed by atoms with Gasteiger partial charge in [0.25, 0.3) is 32.1 Å². The Bertz CT molecular complexity index is 2890. The quantitative estimate of drug-likeness (QED) is 0.0168. The molecule has 0 aromatic heterocycles. The van der Waals surface area contributed by atoms with Crippen LogP contribution in [0.15, 0.2) is 132 Å². The lowest BCUT2D eigenvalue weighted by molar-refractivity contribution is -0.432. The summed E-state index contributed by atoms with van der Waals surface area (Å²) in [6.45, 7) is 0. The molecule has 21 heteroatoms. The molecule has 0 spiro atoms. The topological polar surface area (TPSA) is 280 Å². The van der Waals surface area contributed by atoms with Crippen LogP contribution >= 0.6 is 12.0 Å². The zero-order valence-corrected chi connectivity index (χ0v) is 29.8. The number of benzene rings is 6. The summed E-state index contributed by atoms with van der Waals surface area (Å²) in [6.07, 6.45) is 0. The minimum absolute atomic E-state index is 0.00176. The molecular weight excluding hydrogens is 781 g/mol. The van der Waals surface area contributed by atoms with E-state index in [2.05, 4.69) is 29.8 Å². The monoisotopic (exact) mass is 802 g/mol. The van der Waals surface area contributed by atoms with Crippen molar-refractivity contribution in [3.05, 3.63) is 108 Å². The molecule has 6 N–H and O–H groups in total. The number of amides is 2.